The maximum absolute atomic E-state index is 12.4. The van der Waals surface area contributed by atoms with Crippen molar-refractivity contribution in [3.8, 4) is 0 Å². The van der Waals surface area contributed by atoms with Crippen molar-refractivity contribution in [2.45, 2.75) is 63.8 Å². The lowest BCUT2D eigenvalue weighted by Gasteiger charge is -2.29. The molecule has 1 unspecified atom stereocenters. The first kappa shape index (κ1) is 19.3. The molecule has 0 heterocycles. The fourth-order valence-electron chi connectivity index (χ4n) is 4.02. The average Bonchev–Trinajstić information content (AvgIpc) is 3.33. The van der Waals surface area contributed by atoms with E-state index >= 15 is 0 Å². The minimum atomic E-state index is 0. The van der Waals surface area contributed by atoms with Crippen LogP contribution in [-0.2, 0) is 11.2 Å². The summed E-state index contributed by atoms with van der Waals surface area (Å²) in [6.07, 6.45) is 10.3. The summed E-state index contributed by atoms with van der Waals surface area (Å²) in [6, 6.07) is 10.8. The standard InChI is InChI=1S/C20H30N2O.ClH/c21-18(17-8-9-17)15-22-19(23)14-20(11-4-5-12-20)13-10-16-6-2-1-3-7-16;/h1-3,6-7,17-18H,4-5,8-15,21H2,(H,22,23);1H. The highest BCUT2D eigenvalue weighted by atomic mass is 35.5. The molecule has 2 fully saturated rings. The van der Waals surface area contributed by atoms with Gasteiger partial charge in [-0.3, -0.25) is 4.79 Å². The van der Waals surface area contributed by atoms with Gasteiger partial charge in [0.2, 0.25) is 5.91 Å². The lowest BCUT2D eigenvalue weighted by atomic mass is 9.77. The van der Waals surface area contributed by atoms with Gasteiger partial charge in [0.05, 0.1) is 0 Å². The summed E-state index contributed by atoms with van der Waals surface area (Å²) in [5, 5.41) is 3.09. The molecule has 3 rings (SSSR count). The van der Waals surface area contributed by atoms with Gasteiger partial charge < -0.3 is 11.1 Å². The van der Waals surface area contributed by atoms with Crippen LogP contribution < -0.4 is 11.1 Å². The summed E-state index contributed by atoms with van der Waals surface area (Å²) in [4.78, 5) is 12.4. The number of nitrogens with one attached hydrogen (secondary N) is 1. The summed E-state index contributed by atoms with van der Waals surface area (Å²) in [7, 11) is 0. The van der Waals surface area contributed by atoms with Gasteiger partial charge in [-0.1, -0.05) is 43.2 Å². The topological polar surface area (TPSA) is 55.1 Å². The molecule has 3 N–H and O–H groups in total. The number of halogens is 1. The molecule has 3 nitrogen and oxygen atoms in total. The normalized spacial score (nSPS) is 20.2. The minimum Gasteiger partial charge on any atom is -0.355 e. The van der Waals surface area contributed by atoms with E-state index in [0.29, 0.717) is 18.9 Å². The highest BCUT2D eigenvalue weighted by molar-refractivity contribution is 5.85. The molecule has 0 saturated heterocycles. The number of amides is 1. The number of carbonyl (C=O) groups is 1. The van der Waals surface area contributed by atoms with Crippen molar-refractivity contribution in [1.82, 2.24) is 5.32 Å². The Morgan fingerprint density at radius 3 is 2.50 bits per heavy atom. The number of hydrogen-bond donors (Lipinski definition) is 2. The lowest BCUT2D eigenvalue weighted by molar-refractivity contribution is -0.123. The fraction of sp³-hybridized carbons (Fsp3) is 0.650. The second-order valence-corrected chi connectivity index (χ2v) is 7.67. The molecule has 0 aromatic heterocycles. The van der Waals surface area contributed by atoms with Crippen LogP contribution in [0, 0.1) is 11.3 Å². The Balaban J connectivity index is 0.00000208. The second kappa shape index (κ2) is 8.87. The Labute approximate surface area is 152 Å². The molecule has 0 spiro atoms. The first-order chi connectivity index (χ1) is 11.2. The maximum Gasteiger partial charge on any atom is 0.220 e. The van der Waals surface area contributed by atoms with Crippen LogP contribution in [0.2, 0.25) is 0 Å². The van der Waals surface area contributed by atoms with Gasteiger partial charge in [-0.05, 0) is 55.4 Å². The number of benzene rings is 1. The molecule has 2 saturated carbocycles. The molecule has 1 amide bonds. The van der Waals surface area contributed by atoms with Gasteiger partial charge in [0.25, 0.3) is 0 Å². The van der Waals surface area contributed by atoms with Crippen LogP contribution in [0.3, 0.4) is 0 Å². The predicted octanol–water partition coefficient (Wildman–Crippen LogP) is 3.85. The Morgan fingerprint density at radius 2 is 1.88 bits per heavy atom. The SMILES string of the molecule is Cl.NC(CNC(=O)CC1(CCc2ccccc2)CCCC1)C1CC1. The van der Waals surface area contributed by atoms with Crippen LogP contribution in [0.1, 0.15) is 56.9 Å². The van der Waals surface area contributed by atoms with E-state index in [-0.39, 0.29) is 29.8 Å². The first-order valence-corrected chi connectivity index (χ1v) is 9.23. The summed E-state index contributed by atoms with van der Waals surface area (Å²) in [5.74, 6) is 0.852. The van der Waals surface area contributed by atoms with Crippen molar-refractivity contribution < 1.29 is 4.79 Å². The highest BCUT2D eigenvalue weighted by Gasteiger charge is 2.36. The number of hydrogen-bond acceptors (Lipinski definition) is 2. The van der Waals surface area contributed by atoms with Crippen molar-refractivity contribution in [2.75, 3.05) is 6.54 Å². The third kappa shape index (κ3) is 5.49. The molecule has 1 atom stereocenters. The smallest absolute Gasteiger partial charge is 0.220 e. The Hall–Kier alpha value is -1.06. The molecular weight excluding hydrogens is 320 g/mol. The summed E-state index contributed by atoms with van der Waals surface area (Å²) >= 11 is 0. The van der Waals surface area contributed by atoms with Gasteiger partial charge in [0, 0.05) is 19.0 Å². The minimum absolute atomic E-state index is 0. The van der Waals surface area contributed by atoms with Crippen LogP contribution in [-0.4, -0.2) is 18.5 Å². The predicted molar refractivity (Wildman–Crippen MR) is 101 cm³/mol. The molecule has 0 radical (unpaired) electrons. The monoisotopic (exact) mass is 350 g/mol. The molecule has 1 aromatic carbocycles. The van der Waals surface area contributed by atoms with E-state index < -0.39 is 0 Å². The molecule has 134 valence electrons. The van der Waals surface area contributed by atoms with Crippen molar-refractivity contribution in [3.63, 3.8) is 0 Å². The maximum atomic E-state index is 12.4. The molecule has 0 aliphatic heterocycles. The molecule has 2 aliphatic rings. The first-order valence-electron chi connectivity index (χ1n) is 9.23. The third-order valence-corrected chi connectivity index (χ3v) is 5.75. The number of rotatable bonds is 8. The van der Waals surface area contributed by atoms with Gasteiger partial charge in [0.1, 0.15) is 0 Å². The number of carbonyl (C=O) groups excluding carboxylic acids is 1. The summed E-state index contributed by atoms with van der Waals surface area (Å²) < 4.78 is 0. The van der Waals surface area contributed by atoms with Gasteiger partial charge in [-0.15, -0.1) is 12.4 Å². The molecule has 2 aliphatic carbocycles. The zero-order valence-electron chi connectivity index (χ0n) is 14.5. The van der Waals surface area contributed by atoms with Gasteiger partial charge in [0.15, 0.2) is 0 Å². The van der Waals surface area contributed by atoms with Crippen LogP contribution in [0.25, 0.3) is 0 Å². The largest absolute Gasteiger partial charge is 0.355 e. The van der Waals surface area contributed by atoms with E-state index in [1.807, 2.05) is 0 Å². The fourth-order valence-corrected chi connectivity index (χ4v) is 4.02. The van der Waals surface area contributed by atoms with Gasteiger partial charge in [-0.2, -0.15) is 0 Å². The zero-order chi connectivity index (χ0) is 16.1. The highest BCUT2D eigenvalue weighted by Crippen LogP contribution is 2.44. The summed E-state index contributed by atoms with van der Waals surface area (Å²) in [5.41, 5.74) is 7.68. The summed E-state index contributed by atoms with van der Waals surface area (Å²) in [6.45, 7) is 0.651. The third-order valence-electron chi connectivity index (χ3n) is 5.75. The van der Waals surface area contributed by atoms with E-state index in [1.165, 1.54) is 44.1 Å². The Morgan fingerprint density at radius 1 is 1.21 bits per heavy atom. The van der Waals surface area contributed by atoms with E-state index in [0.717, 1.165) is 12.8 Å². The van der Waals surface area contributed by atoms with Crippen molar-refractivity contribution in [2.24, 2.45) is 17.1 Å². The lowest BCUT2D eigenvalue weighted by Crippen LogP contribution is -2.40. The van der Waals surface area contributed by atoms with Crippen LogP contribution >= 0.6 is 12.4 Å². The number of nitrogens with two attached hydrogens (primary N) is 1. The van der Waals surface area contributed by atoms with Crippen LogP contribution in [0.5, 0.6) is 0 Å². The molecular formula is C20H31ClN2O. The van der Waals surface area contributed by atoms with Crippen molar-refractivity contribution >= 4 is 18.3 Å². The zero-order valence-corrected chi connectivity index (χ0v) is 15.3. The van der Waals surface area contributed by atoms with E-state index in [4.69, 9.17) is 5.73 Å². The van der Waals surface area contributed by atoms with E-state index in [2.05, 4.69) is 35.6 Å². The quantitative estimate of drug-likeness (QED) is 0.748. The van der Waals surface area contributed by atoms with Crippen molar-refractivity contribution in [1.29, 1.82) is 0 Å². The average molecular weight is 351 g/mol. The molecule has 24 heavy (non-hydrogen) atoms. The van der Waals surface area contributed by atoms with Gasteiger partial charge in [-0.25, -0.2) is 0 Å². The van der Waals surface area contributed by atoms with Crippen molar-refractivity contribution in [3.05, 3.63) is 35.9 Å². The van der Waals surface area contributed by atoms with E-state index in [1.54, 1.807) is 0 Å². The van der Waals surface area contributed by atoms with Gasteiger partial charge >= 0.3 is 0 Å². The van der Waals surface area contributed by atoms with E-state index in [9.17, 15) is 4.79 Å². The molecule has 0 bridgehead atoms. The second-order valence-electron chi connectivity index (χ2n) is 7.67. The Bertz CT molecular complexity index is 510. The molecule has 4 heteroatoms. The number of aryl methyl sites for hydroxylation is 1. The van der Waals surface area contributed by atoms with Crippen LogP contribution in [0.4, 0.5) is 0 Å². The van der Waals surface area contributed by atoms with Crippen LogP contribution in [0.15, 0.2) is 30.3 Å². The Kier molecular flexibility index (Phi) is 7.12. The molecule has 1 aromatic rings.